The Bertz CT molecular complexity index is 925. The lowest BCUT2D eigenvalue weighted by molar-refractivity contribution is -0.142. The van der Waals surface area contributed by atoms with E-state index in [0.29, 0.717) is 32.6 Å². The number of amides is 4. The maximum absolute atomic E-state index is 13.8. The molecule has 10 nitrogen and oxygen atoms in total. The molecule has 190 valence electrons. The lowest BCUT2D eigenvalue weighted by atomic mass is 9.85. The van der Waals surface area contributed by atoms with Gasteiger partial charge < -0.3 is 29.7 Å². The minimum atomic E-state index is -0.804. The predicted octanol–water partition coefficient (Wildman–Crippen LogP) is 1.41. The third kappa shape index (κ3) is 5.36. The van der Waals surface area contributed by atoms with Gasteiger partial charge in [0, 0.05) is 31.9 Å². The normalized spacial score (nSPS) is 19.7. The lowest BCUT2D eigenvalue weighted by Gasteiger charge is -2.43. The SMILES string of the molecule is CCOC(=O)CNC(=O)N1CCC2(CC1)C(=O)N(CC(=O)N1CCCCC1)CN2c1ccccc1. The Morgan fingerprint density at radius 3 is 2.31 bits per heavy atom. The molecule has 4 amide bonds. The number of hydrogen-bond donors (Lipinski definition) is 1. The van der Waals surface area contributed by atoms with Crippen molar-refractivity contribution in [2.24, 2.45) is 0 Å². The van der Waals surface area contributed by atoms with E-state index in [1.54, 1.807) is 16.7 Å². The standard InChI is InChI=1S/C25H35N5O5/c1-2-35-22(32)17-26-24(34)28-15-11-25(12-16-28)23(33)29(18-21(31)27-13-7-4-8-14-27)19-30(25)20-9-5-3-6-10-20/h3,5-6,9-10H,2,4,7-8,11-19H2,1H3,(H,26,34). The summed E-state index contributed by atoms with van der Waals surface area (Å²) in [6, 6.07) is 9.41. The highest BCUT2D eigenvalue weighted by atomic mass is 16.5. The molecule has 3 aliphatic rings. The van der Waals surface area contributed by atoms with E-state index in [4.69, 9.17) is 4.74 Å². The summed E-state index contributed by atoms with van der Waals surface area (Å²) in [5.41, 5.74) is 0.121. The van der Waals surface area contributed by atoms with Crippen molar-refractivity contribution in [1.82, 2.24) is 20.0 Å². The summed E-state index contributed by atoms with van der Waals surface area (Å²) in [7, 11) is 0. The Morgan fingerprint density at radius 1 is 0.971 bits per heavy atom. The lowest BCUT2D eigenvalue weighted by Crippen LogP contribution is -2.58. The highest BCUT2D eigenvalue weighted by Gasteiger charge is 2.54. The van der Waals surface area contributed by atoms with Crippen molar-refractivity contribution in [2.45, 2.75) is 44.6 Å². The van der Waals surface area contributed by atoms with Crippen LogP contribution in [0.25, 0.3) is 0 Å². The Morgan fingerprint density at radius 2 is 1.66 bits per heavy atom. The first kappa shape index (κ1) is 24.8. The molecule has 3 saturated heterocycles. The largest absolute Gasteiger partial charge is 0.465 e. The first-order valence-corrected chi connectivity index (χ1v) is 12.5. The molecule has 0 saturated carbocycles. The van der Waals surface area contributed by atoms with Crippen LogP contribution in [0.5, 0.6) is 0 Å². The average Bonchev–Trinajstić information content (AvgIpc) is 3.15. The number of urea groups is 1. The number of para-hydroxylation sites is 1. The number of carbonyl (C=O) groups excluding carboxylic acids is 4. The summed E-state index contributed by atoms with van der Waals surface area (Å²) in [6.45, 7) is 4.46. The van der Waals surface area contributed by atoms with Crippen molar-refractivity contribution < 1.29 is 23.9 Å². The number of nitrogens with one attached hydrogen (secondary N) is 1. The molecule has 0 aliphatic carbocycles. The fourth-order valence-electron chi connectivity index (χ4n) is 5.28. The van der Waals surface area contributed by atoms with E-state index in [1.807, 2.05) is 35.2 Å². The zero-order valence-electron chi connectivity index (χ0n) is 20.4. The fourth-order valence-corrected chi connectivity index (χ4v) is 5.28. The van der Waals surface area contributed by atoms with Gasteiger partial charge in [0.1, 0.15) is 18.6 Å². The number of anilines is 1. The van der Waals surface area contributed by atoms with Crippen LogP contribution in [0.1, 0.15) is 39.0 Å². The van der Waals surface area contributed by atoms with Gasteiger partial charge in [-0.2, -0.15) is 0 Å². The van der Waals surface area contributed by atoms with Gasteiger partial charge in [-0.25, -0.2) is 4.79 Å². The highest BCUT2D eigenvalue weighted by Crippen LogP contribution is 2.39. The summed E-state index contributed by atoms with van der Waals surface area (Å²) in [4.78, 5) is 58.1. The molecular formula is C25H35N5O5. The molecule has 35 heavy (non-hydrogen) atoms. The van der Waals surface area contributed by atoms with Gasteiger partial charge in [-0.05, 0) is 51.2 Å². The third-order valence-electron chi connectivity index (χ3n) is 7.18. The van der Waals surface area contributed by atoms with Crippen LogP contribution in [-0.4, -0.2) is 96.6 Å². The van der Waals surface area contributed by atoms with Gasteiger partial charge in [0.2, 0.25) is 5.91 Å². The van der Waals surface area contributed by atoms with Crippen LogP contribution >= 0.6 is 0 Å². The van der Waals surface area contributed by atoms with Gasteiger partial charge in [-0.1, -0.05) is 18.2 Å². The van der Waals surface area contributed by atoms with E-state index in [0.717, 1.165) is 38.0 Å². The second kappa shape index (κ2) is 11.0. The fraction of sp³-hybridized carbons (Fsp3) is 0.600. The van der Waals surface area contributed by atoms with Crippen molar-refractivity contribution in [3.05, 3.63) is 30.3 Å². The van der Waals surface area contributed by atoms with Crippen molar-refractivity contribution in [3.63, 3.8) is 0 Å². The second-order valence-electron chi connectivity index (χ2n) is 9.33. The number of carbonyl (C=O) groups is 4. The van der Waals surface area contributed by atoms with Gasteiger partial charge in [-0.3, -0.25) is 14.4 Å². The maximum atomic E-state index is 13.8. The van der Waals surface area contributed by atoms with Gasteiger partial charge >= 0.3 is 12.0 Å². The van der Waals surface area contributed by atoms with E-state index < -0.39 is 11.5 Å². The Balaban J connectivity index is 1.45. The molecule has 1 aromatic carbocycles. The summed E-state index contributed by atoms with van der Waals surface area (Å²) in [5.74, 6) is -0.540. The zero-order valence-corrected chi connectivity index (χ0v) is 20.4. The Hall–Kier alpha value is -3.30. The van der Waals surface area contributed by atoms with E-state index >= 15 is 0 Å². The molecule has 0 unspecified atom stereocenters. The van der Waals surface area contributed by atoms with E-state index in [1.165, 1.54) is 0 Å². The molecular weight excluding hydrogens is 450 g/mol. The van der Waals surface area contributed by atoms with Crippen LogP contribution in [0.4, 0.5) is 10.5 Å². The Kier molecular flexibility index (Phi) is 7.77. The highest BCUT2D eigenvalue weighted by molar-refractivity contribution is 5.96. The van der Waals surface area contributed by atoms with Crippen molar-refractivity contribution >= 4 is 29.5 Å². The number of hydrogen-bond acceptors (Lipinski definition) is 6. The van der Waals surface area contributed by atoms with E-state index in [9.17, 15) is 19.2 Å². The van der Waals surface area contributed by atoms with Crippen LogP contribution in [-0.2, 0) is 19.1 Å². The first-order valence-electron chi connectivity index (χ1n) is 12.5. The predicted molar refractivity (Wildman–Crippen MR) is 130 cm³/mol. The minimum absolute atomic E-state index is 0.00103. The summed E-state index contributed by atoms with van der Waals surface area (Å²) < 4.78 is 4.86. The van der Waals surface area contributed by atoms with Crippen LogP contribution < -0.4 is 10.2 Å². The van der Waals surface area contributed by atoms with Crippen molar-refractivity contribution in [1.29, 1.82) is 0 Å². The molecule has 10 heteroatoms. The van der Waals surface area contributed by atoms with Gasteiger partial charge in [0.25, 0.3) is 5.91 Å². The van der Waals surface area contributed by atoms with Gasteiger partial charge in [0.05, 0.1) is 13.3 Å². The molecule has 0 radical (unpaired) electrons. The molecule has 3 aliphatic heterocycles. The summed E-state index contributed by atoms with van der Waals surface area (Å²) in [5, 5.41) is 2.59. The maximum Gasteiger partial charge on any atom is 0.325 e. The summed E-state index contributed by atoms with van der Waals surface area (Å²) in [6.07, 6.45) is 4.05. The molecule has 1 spiro atoms. The molecule has 1 aromatic rings. The molecule has 0 bridgehead atoms. The topological polar surface area (TPSA) is 102 Å². The number of esters is 1. The number of rotatable bonds is 6. The number of piperidine rings is 2. The van der Waals surface area contributed by atoms with Gasteiger partial charge in [-0.15, -0.1) is 0 Å². The average molecular weight is 486 g/mol. The molecule has 1 N–H and O–H groups in total. The smallest absolute Gasteiger partial charge is 0.325 e. The van der Waals surface area contributed by atoms with Crippen LogP contribution in [0, 0.1) is 0 Å². The molecule has 0 aromatic heterocycles. The number of benzene rings is 1. The van der Waals surface area contributed by atoms with Crippen molar-refractivity contribution in [3.8, 4) is 0 Å². The minimum Gasteiger partial charge on any atom is -0.465 e. The monoisotopic (exact) mass is 485 g/mol. The molecule has 0 atom stereocenters. The summed E-state index contributed by atoms with van der Waals surface area (Å²) >= 11 is 0. The van der Waals surface area contributed by atoms with Crippen LogP contribution in [0.15, 0.2) is 30.3 Å². The van der Waals surface area contributed by atoms with E-state index in [-0.39, 0.29) is 37.5 Å². The Labute approximate surface area is 206 Å². The third-order valence-corrected chi connectivity index (χ3v) is 7.18. The van der Waals surface area contributed by atoms with Gasteiger partial charge in [0.15, 0.2) is 0 Å². The molecule has 4 rings (SSSR count). The zero-order chi connectivity index (χ0) is 24.8. The number of nitrogens with zero attached hydrogens (tertiary/aromatic N) is 4. The molecule has 3 heterocycles. The second-order valence-corrected chi connectivity index (χ2v) is 9.33. The van der Waals surface area contributed by atoms with E-state index in [2.05, 4.69) is 10.2 Å². The van der Waals surface area contributed by atoms with Crippen LogP contribution in [0.3, 0.4) is 0 Å². The number of ether oxygens (including phenoxy) is 1. The quantitative estimate of drug-likeness (QED) is 0.612. The first-order chi connectivity index (χ1) is 16.9. The van der Waals surface area contributed by atoms with Crippen LogP contribution in [0.2, 0.25) is 0 Å². The number of likely N-dealkylation sites (tertiary alicyclic amines) is 2. The van der Waals surface area contributed by atoms with Crippen molar-refractivity contribution in [2.75, 3.05) is 57.4 Å². The molecule has 3 fully saturated rings.